The first-order valence-corrected chi connectivity index (χ1v) is 7.26. The van der Waals surface area contributed by atoms with Crippen molar-refractivity contribution in [3.63, 3.8) is 0 Å². The largest absolute Gasteiger partial charge is 0.341 e. The lowest BCUT2D eigenvalue weighted by Gasteiger charge is -2.26. The van der Waals surface area contributed by atoms with E-state index in [2.05, 4.69) is 40.9 Å². The van der Waals surface area contributed by atoms with Gasteiger partial charge in [-0.25, -0.2) is 4.68 Å². The third kappa shape index (κ3) is 2.87. The summed E-state index contributed by atoms with van der Waals surface area (Å²) >= 11 is 9.33. The minimum absolute atomic E-state index is 0.192. The van der Waals surface area contributed by atoms with Gasteiger partial charge in [0.1, 0.15) is 0 Å². The van der Waals surface area contributed by atoms with E-state index in [0.29, 0.717) is 11.9 Å². The fourth-order valence-corrected chi connectivity index (χ4v) is 2.51. The van der Waals surface area contributed by atoms with Gasteiger partial charge in [-0.2, -0.15) is 20.1 Å². The normalized spacial score (nSPS) is 15.8. The van der Waals surface area contributed by atoms with Crippen LogP contribution in [0.1, 0.15) is 19.3 Å². The van der Waals surface area contributed by atoms with Crippen LogP contribution in [0.4, 0.5) is 5.95 Å². The maximum Gasteiger partial charge on any atom is 0.256 e. The quantitative estimate of drug-likeness (QED) is 0.838. The molecule has 100 valence electrons. The molecule has 2 aromatic rings. The number of rotatable bonds is 2. The topological polar surface area (TPSA) is 59.7 Å². The fourth-order valence-electron chi connectivity index (χ4n) is 2.08. The molecule has 1 aliphatic rings. The summed E-state index contributed by atoms with van der Waals surface area (Å²) in [7, 11) is 0. The van der Waals surface area contributed by atoms with E-state index >= 15 is 0 Å². The van der Waals surface area contributed by atoms with E-state index in [9.17, 15) is 0 Å². The maximum atomic E-state index is 5.98. The van der Waals surface area contributed by atoms with Gasteiger partial charge in [0.25, 0.3) is 5.95 Å². The lowest BCUT2D eigenvalue weighted by molar-refractivity contribution is 0.566. The van der Waals surface area contributed by atoms with Crippen molar-refractivity contribution in [2.45, 2.75) is 19.3 Å². The van der Waals surface area contributed by atoms with E-state index in [0.717, 1.165) is 30.4 Å². The first kappa shape index (κ1) is 12.8. The average molecular weight is 344 g/mol. The molecule has 3 heterocycles. The summed E-state index contributed by atoms with van der Waals surface area (Å²) in [5, 5.41) is 4.35. The number of anilines is 1. The highest BCUT2D eigenvalue weighted by molar-refractivity contribution is 9.10. The van der Waals surface area contributed by atoms with E-state index in [-0.39, 0.29) is 5.28 Å². The van der Waals surface area contributed by atoms with Gasteiger partial charge in [0.2, 0.25) is 11.2 Å². The molecule has 0 spiro atoms. The van der Waals surface area contributed by atoms with Crippen LogP contribution in [-0.2, 0) is 0 Å². The molecule has 0 aliphatic carbocycles. The molecule has 0 atom stereocenters. The predicted octanol–water partition coefficient (Wildman–Crippen LogP) is 2.46. The molecule has 1 aliphatic heterocycles. The van der Waals surface area contributed by atoms with Crippen molar-refractivity contribution in [2.24, 2.45) is 0 Å². The molecule has 0 bridgehead atoms. The lowest BCUT2D eigenvalue weighted by Crippen LogP contribution is -2.31. The van der Waals surface area contributed by atoms with Crippen LogP contribution in [0.5, 0.6) is 0 Å². The Morgan fingerprint density at radius 3 is 2.47 bits per heavy atom. The second-order valence-electron chi connectivity index (χ2n) is 4.36. The molecule has 0 unspecified atom stereocenters. The molecule has 2 aromatic heterocycles. The molecule has 19 heavy (non-hydrogen) atoms. The van der Waals surface area contributed by atoms with Crippen molar-refractivity contribution in [3.8, 4) is 5.95 Å². The Kier molecular flexibility index (Phi) is 3.65. The van der Waals surface area contributed by atoms with Crippen LogP contribution < -0.4 is 4.90 Å². The molecule has 0 radical (unpaired) electrons. The Balaban J connectivity index is 1.95. The second-order valence-corrected chi connectivity index (χ2v) is 5.61. The number of halogens is 2. The molecule has 8 heteroatoms. The minimum atomic E-state index is 0.192. The molecule has 1 saturated heterocycles. The Morgan fingerprint density at radius 2 is 1.79 bits per heavy atom. The molecule has 6 nitrogen and oxygen atoms in total. The van der Waals surface area contributed by atoms with Crippen LogP contribution in [0.3, 0.4) is 0 Å². The molecular weight excluding hydrogens is 332 g/mol. The Labute approximate surface area is 124 Å². The minimum Gasteiger partial charge on any atom is -0.341 e. The zero-order chi connectivity index (χ0) is 13.2. The summed E-state index contributed by atoms with van der Waals surface area (Å²) in [6, 6.07) is 0. The van der Waals surface area contributed by atoms with Gasteiger partial charge in [0.15, 0.2) is 0 Å². The van der Waals surface area contributed by atoms with Gasteiger partial charge in [0.05, 0.1) is 10.7 Å². The van der Waals surface area contributed by atoms with Gasteiger partial charge < -0.3 is 4.90 Å². The fraction of sp³-hybridized carbons (Fsp3) is 0.455. The van der Waals surface area contributed by atoms with E-state index in [4.69, 9.17) is 11.6 Å². The van der Waals surface area contributed by atoms with Gasteiger partial charge in [-0.1, -0.05) is 0 Å². The predicted molar refractivity (Wildman–Crippen MR) is 75.7 cm³/mol. The van der Waals surface area contributed by atoms with Crippen LogP contribution in [0.15, 0.2) is 16.9 Å². The third-order valence-corrected chi connectivity index (χ3v) is 3.56. The Morgan fingerprint density at radius 1 is 1.05 bits per heavy atom. The van der Waals surface area contributed by atoms with Gasteiger partial charge in [-0.3, -0.25) is 0 Å². The van der Waals surface area contributed by atoms with Crippen LogP contribution in [-0.4, -0.2) is 37.8 Å². The standard InChI is InChI=1S/C11H12BrClN6/c12-8-6-14-19(7-8)11-16-9(13)15-10(17-11)18-4-2-1-3-5-18/h6-7H,1-5H2. The average Bonchev–Trinajstić information content (AvgIpc) is 2.86. The first-order chi connectivity index (χ1) is 9.22. The van der Waals surface area contributed by atoms with E-state index < -0.39 is 0 Å². The monoisotopic (exact) mass is 342 g/mol. The number of hydrogen-bond donors (Lipinski definition) is 0. The molecule has 0 amide bonds. The molecule has 0 aromatic carbocycles. The first-order valence-electron chi connectivity index (χ1n) is 6.09. The highest BCUT2D eigenvalue weighted by atomic mass is 79.9. The van der Waals surface area contributed by atoms with E-state index in [1.165, 1.54) is 6.42 Å². The second kappa shape index (κ2) is 5.42. The van der Waals surface area contributed by atoms with Gasteiger partial charge in [-0.15, -0.1) is 0 Å². The van der Waals surface area contributed by atoms with Crippen molar-refractivity contribution < 1.29 is 0 Å². The molecule has 0 saturated carbocycles. The number of piperidine rings is 1. The summed E-state index contributed by atoms with van der Waals surface area (Å²) in [6.45, 7) is 1.92. The van der Waals surface area contributed by atoms with Gasteiger partial charge in [0, 0.05) is 19.3 Å². The maximum absolute atomic E-state index is 5.98. The lowest BCUT2D eigenvalue weighted by atomic mass is 10.1. The zero-order valence-electron chi connectivity index (χ0n) is 10.1. The summed E-state index contributed by atoms with van der Waals surface area (Å²) in [6.07, 6.45) is 7.04. The summed E-state index contributed by atoms with van der Waals surface area (Å²) in [5.74, 6) is 1.06. The highest BCUT2D eigenvalue weighted by Gasteiger charge is 2.16. The molecule has 3 rings (SSSR count). The van der Waals surface area contributed by atoms with Crippen molar-refractivity contribution in [1.29, 1.82) is 0 Å². The Hall–Kier alpha value is -1.21. The summed E-state index contributed by atoms with van der Waals surface area (Å²) in [5.41, 5.74) is 0. The van der Waals surface area contributed by atoms with Crippen LogP contribution in [0.25, 0.3) is 5.95 Å². The van der Waals surface area contributed by atoms with Gasteiger partial charge in [-0.05, 0) is 46.8 Å². The molecule has 0 N–H and O–H groups in total. The van der Waals surface area contributed by atoms with Crippen molar-refractivity contribution >= 4 is 33.5 Å². The van der Waals surface area contributed by atoms with Crippen molar-refractivity contribution in [1.82, 2.24) is 24.7 Å². The molecular formula is C11H12BrClN6. The highest BCUT2D eigenvalue weighted by Crippen LogP contribution is 2.18. The number of nitrogens with zero attached hydrogens (tertiary/aromatic N) is 6. The Bertz CT molecular complexity index is 580. The van der Waals surface area contributed by atoms with Crippen molar-refractivity contribution in [2.75, 3.05) is 18.0 Å². The van der Waals surface area contributed by atoms with Crippen LogP contribution >= 0.6 is 27.5 Å². The van der Waals surface area contributed by atoms with Crippen molar-refractivity contribution in [3.05, 3.63) is 22.1 Å². The number of aromatic nitrogens is 5. The van der Waals surface area contributed by atoms with Crippen LogP contribution in [0, 0.1) is 0 Å². The van der Waals surface area contributed by atoms with Crippen LogP contribution in [0.2, 0.25) is 5.28 Å². The summed E-state index contributed by atoms with van der Waals surface area (Å²) < 4.78 is 2.44. The van der Waals surface area contributed by atoms with E-state index in [1.807, 2.05) is 0 Å². The number of hydrogen-bond acceptors (Lipinski definition) is 5. The third-order valence-electron chi connectivity index (χ3n) is 2.98. The van der Waals surface area contributed by atoms with E-state index in [1.54, 1.807) is 17.1 Å². The van der Waals surface area contributed by atoms with Gasteiger partial charge >= 0.3 is 0 Å². The smallest absolute Gasteiger partial charge is 0.256 e. The summed E-state index contributed by atoms with van der Waals surface area (Å²) in [4.78, 5) is 14.9. The SMILES string of the molecule is Clc1nc(N2CCCCC2)nc(-n2cc(Br)cn2)n1. The zero-order valence-corrected chi connectivity index (χ0v) is 12.5. The molecule has 1 fully saturated rings.